The number of anilines is 1. The van der Waals surface area contributed by atoms with Crippen LogP contribution in [0.2, 0.25) is 0 Å². The van der Waals surface area contributed by atoms with Crippen LogP contribution in [0, 0.1) is 5.92 Å². The van der Waals surface area contributed by atoms with Crippen LogP contribution in [-0.4, -0.2) is 47.3 Å². The van der Waals surface area contributed by atoms with Crippen molar-refractivity contribution in [1.82, 2.24) is 20.4 Å². The van der Waals surface area contributed by atoms with Gasteiger partial charge in [-0.2, -0.15) is 5.10 Å². The molecule has 7 nitrogen and oxygen atoms in total. The highest BCUT2D eigenvalue weighted by molar-refractivity contribution is 5.99. The highest BCUT2D eigenvalue weighted by Crippen LogP contribution is 2.20. The third-order valence-corrected chi connectivity index (χ3v) is 4.72. The topological polar surface area (TPSA) is 79.3 Å². The van der Waals surface area contributed by atoms with Gasteiger partial charge in [0.2, 0.25) is 11.8 Å². The Morgan fingerprint density at radius 2 is 2.35 bits per heavy atom. The molecule has 2 aliphatic rings. The summed E-state index contributed by atoms with van der Waals surface area (Å²) in [7, 11) is 1.83. The minimum Gasteiger partial charge on any atom is -0.344 e. The molecule has 2 amide bonds. The van der Waals surface area contributed by atoms with Gasteiger partial charge < -0.3 is 15.5 Å². The normalized spacial score (nSPS) is 24.9. The highest BCUT2D eigenvalue weighted by Gasteiger charge is 2.31. The van der Waals surface area contributed by atoms with E-state index in [2.05, 4.69) is 15.7 Å². The molecule has 0 spiro atoms. The first kappa shape index (κ1) is 16.0. The smallest absolute Gasteiger partial charge is 0.249 e. The summed E-state index contributed by atoms with van der Waals surface area (Å²) in [6.45, 7) is 2.74. The molecule has 23 heavy (non-hydrogen) atoms. The maximum absolute atomic E-state index is 12.6. The Kier molecular flexibility index (Phi) is 4.95. The first-order chi connectivity index (χ1) is 11.1. The Morgan fingerprint density at radius 1 is 1.48 bits per heavy atom. The predicted molar refractivity (Wildman–Crippen MR) is 86.9 cm³/mol. The predicted octanol–water partition coefficient (Wildman–Crippen LogP) is 0.421. The zero-order chi connectivity index (χ0) is 16.2. The van der Waals surface area contributed by atoms with Crippen LogP contribution in [0.1, 0.15) is 32.1 Å². The van der Waals surface area contributed by atoms with Crippen LogP contribution in [0.5, 0.6) is 0 Å². The molecular weight excluding hydrogens is 294 g/mol. The van der Waals surface area contributed by atoms with Crippen LogP contribution in [-0.2, 0) is 16.6 Å². The fraction of sp³-hybridized carbons (Fsp3) is 0.688. The number of hydrogen-bond acceptors (Lipinski definition) is 4. The van der Waals surface area contributed by atoms with Gasteiger partial charge in [0.05, 0.1) is 11.9 Å². The van der Waals surface area contributed by atoms with Crippen LogP contribution >= 0.6 is 0 Å². The lowest BCUT2D eigenvalue weighted by Gasteiger charge is -2.31. The number of piperidine rings is 1. The quantitative estimate of drug-likeness (QED) is 0.824. The minimum absolute atomic E-state index is 0.0108. The molecule has 0 aromatic carbocycles. The molecular formula is C16H25N5O2. The van der Waals surface area contributed by atoms with Crippen molar-refractivity contribution in [2.45, 2.75) is 38.1 Å². The lowest BCUT2D eigenvalue weighted by atomic mass is 10.0. The molecule has 2 fully saturated rings. The van der Waals surface area contributed by atoms with E-state index in [0.29, 0.717) is 25.3 Å². The Bertz CT molecular complexity index is 565. The standard InChI is InChI=1S/C16H25N5O2/c1-20-11-13(10-18-20)21-8-2-3-14(16(21)23)19-15(22)5-4-12-6-7-17-9-12/h10-12,14,17H,2-9H2,1H3,(H,19,22). The molecule has 7 heteroatoms. The van der Waals surface area contributed by atoms with Crippen LogP contribution < -0.4 is 15.5 Å². The molecule has 2 unspecified atom stereocenters. The number of rotatable bonds is 5. The number of nitrogens with zero attached hydrogens (tertiary/aromatic N) is 3. The van der Waals surface area contributed by atoms with Gasteiger partial charge in [0.25, 0.3) is 0 Å². The van der Waals surface area contributed by atoms with E-state index in [1.165, 1.54) is 0 Å². The molecule has 1 aromatic rings. The SMILES string of the molecule is Cn1cc(N2CCCC(NC(=O)CCC3CCNC3)C2=O)cn1. The van der Waals surface area contributed by atoms with E-state index in [4.69, 9.17) is 0 Å². The minimum atomic E-state index is -0.404. The van der Waals surface area contributed by atoms with E-state index in [1.54, 1.807) is 15.8 Å². The van der Waals surface area contributed by atoms with Gasteiger partial charge in [0.15, 0.2) is 0 Å². The largest absolute Gasteiger partial charge is 0.344 e. The van der Waals surface area contributed by atoms with Crippen molar-refractivity contribution in [3.8, 4) is 0 Å². The van der Waals surface area contributed by atoms with Crippen molar-refractivity contribution in [1.29, 1.82) is 0 Å². The summed E-state index contributed by atoms with van der Waals surface area (Å²) in [6, 6.07) is -0.404. The number of aromatic nitrogens is 2. The highest BCUT2D eigenvalue weighted by atomic mass is 16.2. The molecule has 2 saturated heterocycles. The van der Waals surface area contributed by atoms with Crippen molar-refractivity contribution in [3.63, 3.8) is 0 Å². The van der Waals surface area contributed by atoms with E-state index >= 15 is 0 Å². The van der Waals surface area contributed by atoms with E-state index < -0.39 is 6.04 Å². The third-order valence-electron chi connectivity index (χ3n) is 4.72. The molecule has 2 N–H and O–H groups in total. The fourth-order valence-electron chi connectivity index (χ4n) is 3.38. The zero-order valence-electron chi connectivity index (χ0n) is 13.6. The Labute approximate surface area is 136 Å². The van der Waals surface area contributed by atoms with Crippen molar-refractivity contribution in [2.75, 3.05) is 24.5 Å². The molecule has 0 bridgehead atoms. The van der Waals surface area contributed by atoms with Crippen LogP contribution in [0.4, 0.5) is 5.69 Å². The van der Waals surface area contributed by atoms with Gasteiger partial charge in [-0.1, -0.05) is 0 Å². The number of carbonyl (C=O) groups is 2. The maximum Gasteiger partial charge on any atom is 0.249 e. The summed E-state index contributed by atoms with van der Waals surface area (Å²) in [5, 5.41) is 10.3. The van der Waals surface area contributed by atoms with E-state index in [9.17, 15) is 9.59 Å². The summed E-state index contributed by atoms with van der Waals surface area (Å²) < 4.78 is 1.68. The Hall–Kier alpha value is -1.89. The van der Waals surface area contributed by atoms with E-state index in [-0.39, 0.29) is 11.8 Å². The summed E-state index contributed by atoms with van der Waals surface area (Å²) in [5.41, 5.74) is 0.800. The molecule has 3 heterocycles. The van der Waals surface area contributed by atoms with Gasteiger partial charge in [0, 0.05) is 26.2 Å². The van der Waals surface area contributed by atoms with Crippen molar-refractivity contribution < 1.29 is 9.59 Å². The first-order valence-corrected chi connectivity index (χ1v) is 8.43. The third kappa shape index (κ3) is 3.90. The average molecular weight is 319 g/mol. The van der Waals surface area contributed by atoms with Gasteiger partial charge in [-0.15, -0.1) is 0 Å². The number of amides is 2. The zero-order valence-corrected chi connectivity index (χ0v) is 13.6. The second kappa shape index (κ2) is 7.12. The second-order valence-corrected chi connectivity index (χ2v) is 6.52. The molecule has 2 aliphatic heterocycles. The van der Waals surface area contributed by atoms with Crippen LogP contribution in [0.15, 0.2) is 12.4 Å². The molecule has 3 rings (SSSR count). The van der Waals surface area contributed by atoms with E-state index in [1.807, 2.05) is 13.2 Å². The molecule has 126 valence electrons. The van der Waals surface area contributed by atoms with Gasteiger partial charge in [-0.25, -0.2) is 0 Å². The van der Waals surface area contributed by atoms with Crippen LogP contribution in [0.3, 0.4) is 0 Å². The summed E-state index contributed by atoms with van der Waals surface area (Å²) >= 11 is 0. The molecule has 1 aromatic heterocycles. The fourth-order valence-corrected chi connectivity index (χ4v) is 3.38. The number of carbonyl (C=O) groups excluding carboxylic acids is 2. The monoisotopic (exact) mass is 319 g/mol. The molecule has 0 saturated carbocycles. The molecule has 0 aliphatic carbocycles. The number of aryl methyl sites for hydroxylation is 1. The summed E-state index contributed by atoms with van der Waals surface area (Å²) in [5.74, 6) is 0.554. The average Bonchev–Trinajstić information content (AvgIpc) is 3.19. The van der Waals surface area contributed by atoms with Crippen LogP contribution in [0.25, 0.3) is 0 Å². The van der Waals surface area contributed by atoms with E-state index in [0.717, 1.165) is 38.0 Å². The number of nitrogens with one attached hydrogen (secondary N) is 2. The summed E-state index contributed by atoms with van der Waals surface area (Å²) in [4.78, 5) is 26.5. The lowest BCUT2D eigenvalue weighted by molar-refractivity contribution is -0.128. The van der Waals surface area contributed by atoms with Gasteiger partial charge >= 0.3 is 0 Å². The maximum atomic E-state index is 12.6. The Morgan fingerprint density at radius 3 is 3.04 bits per heavy atom. The van der Waals surface area contributed by atoms with Crippen molar-refractivity contribution in [2.24, 2.45) is 13.0 Å². The lowest BCUT2D eigenvalue weighted by Crippen LogP contribution is -2.52. The van der Waals surface area contributed by atoms with Crippen molar-refractivity contribution >= 4 is 17.5 Å². The van der Waals surface area contributed by atoms with Gasteiger partial charge in [-0.3, -0.25) is 14.3 Å². The first-order valence-electron chi connectivity index (χ1n) is 8.43. The Balaban J connectivity index is 1.52. The second-order valence-electron chi connectivity index (χ2n) is 6.52. The van der Waals surface area contributed by atoms with Crippen molar-refractivity contribution in [3.05, 3.63) is 12.4 Å². The van der Waals surface area contributed by atoms with Gasteiger partial charge in [-0.05, 0) is 44.7 Å². The number of hydrogen-bond donors (Lipinski definition) is 2. The molecule has 2 atom stereocenters. The summed E-state index contributed by atoms with van der Waals surface area (Å²) in [6.07, 6.45) is 7.66. The van der Waals surface area contributed by atoms with Gasteiger partial charge in [0.1, 0.15) is 6.04 Å². The molecule has 0 radical (unpaired) electrons.